The average molecular weight is 286 g/mol. The molecule has 1 aromatic carbocycles. The van der Waals surface area contributed by atoms with Crippen LogP contribution in [0.25, 0.3) is 0 Å². The summed E-state index contributed by atoms with van der Waals surface area (Å²) >= 11 is 0. The Balaban J connectivity index is 1.96. The minimum absolute atomic E-state index is 0.0161. The second-order valence-corrected chi connectivity index (χ2v) is 6.65. The Morgan fingerprint density at radius 3 is 2.32 bits per heavy atom. The molecule has 6 heteroatoms. The van der Waals surface area contributed by atoms with E-state index >= 15 is 0 Å². The molecule has 0 radical (unpaired) electrons. The van der Waals surface area contributed by atoms with Gasteiger partial charge >= 0.3 is 0 Å². The Morgan fingerprint density at radius 2 is 1.84 bits per heavy atom. The molecule has 0 unspecified atom stereocenters. The van der Waals surface area contributed by atoms with Crippen molar-refractivity contribution in [1.29, 1.82) is 0 Å². The summed E-state index contributed by atoms with van der Waals surface area (Å²) in [7, 11) is -3.97. The topological polar surface area (TPSA) is 72.8 Å². The van der Waals surface area contributed by atoms with Crippen LogP contribution < -0.4 is 0 Å². The normalized spacial score (nSPS) is 22.6. The van der Waals surface area contributed by atoms with Crippen LogP contribution in [0.1, 0.15) is 25.0 Å². The Morgan fingerprint density at radius 1 is 1.26 bits per heavy atom. The molecule has 0 aliphatic carbocycles. The molecule has 1 N–H and O–H groups in total. The second-order valence-electron chi connectivity index (χ2n) is 5.20. The lowest BCUT2D eigenvalue weighted by molar-refractivity contribution is -0.138. The standard InChI is InChI=1S/C13H18O5S/c1-13(2)17-8-12(18-13)7-10-3-5-11(6-4-10)9-19(14,15)16/h3-6,12H,7-9H2,1-2H3,(H,14,15,16)/t12-/m0/s1. The van der Waals surface area contributed by atoms with E-state index in [1.54, 1.807) is 12.1 Å². The van der Waals surface area contributed by atoms with Gasteiger partial charge in [-0.1, -0.05) is 24.3 Å². The molecular weight excluding hydrogens is 268 g/mol. The van der Waals surface area contributed by atoms with Gasteiger partial charge in [-0.3, -0.25) is 4.55 Å². The van der Waals surface area contributed by atoms with Crippen LogP contribution in [0.5, 0.6) is 0 Å². The van der Waals surface area contributed by atoms with E-state index in [0.717, 1.165) is 12.0 Å². The summed E-state index contributed by atoms with van der Waals surface area (Å²) in [4.78, 5) is 0. The lowest BCUT2D eigenvalue weighted by atomic mass is 10.1. The van der Waals surface area contributed by atoms with Crippen molar-refractivity contribution < 1.29 is 22.4 Å². The van der Waals surface area contributed by atoms with E-state index in [1.165, 1.54) is 0 Å². The van der Waals surface area contributed by atoms with Crippen LogP contribution in [-0.2, 0) is 31.8 Å². The van der Waals surface area contributed by atoms with Crippen molar-refractivity contribution in [2.24, 2.45) is 0 Å². The number of hydrogen-bond donors (Lipinski definition) is 1. The molecule has 19 heavy (non-hydrogen) atoms. The van der Waals surface area contributed by atoms with Crippen molar-refractivity contribution in [2.75, 3.05) is 6.61 Å². The summed E-state index contributed by atoms with van der Waals surface area (Å²) in [6.07, 6.45) is 0.734. The van der Waals surface area contributed by atoms with E-state index in [2.05, 4.69) is 0 Å². The first-order valence-electron chi connectivity index (χ1n) is 6.08. The van der Waals surface area contributed by atoms with E-state index in [0.29, 0.717) is 12.2 Å². The Kier molecular flexibility index (Phi) is 3.96. The number of hydrogen-bond acceptors (Lipinski definition) is 4. The van der Waals surface area contributed by atoms with E-state index in [1.807, 2.05) is 26.0 Å². The van der Waals surface area contributed by atoms with Crippen LogP contribution in [0.3, 0.4) is 0 Å². The summed E-state index contributed by atoms with van der Waals surface area (Å²) in [6.45, 7) is 4.31. The highest BCUT2D eigenvalue weighted by Gasteiger charge is 2.32. The molecule has 0 bridgehead atoms. The molecule has 1 saturated heterocycles. The van der Waals surface area contributed by atoms with Crippen LogP contribution in [0.2, 0.25) is 0 Å². The fourth-order valence-corrected chi connectivity index (χ4v) is 2.72. The van der Waals surface area contributed by atoms with Gasteiger partial charge < -0.3 is 9.47 Å². The SMILES string of the molecule is CC1(C)OC[C@H](Cc2ccc(CS(=O)(=O)O)cc2)O1. The average Bonchev–Trinajstić information content (AvgIpc) is 2.59. The van der Waals surface area contributed by atoms with Gasteiger partial charge in [0.15, 0.2) is 5.79 Å². The van der Waals surface area contributed by atoms with Crippen molar-refractivity contribution in [3.63, 3.8) is 0 Å². The van der Waals surface area contributed by atoms with Crippen LogP contribution in [-0.4, -0.2) is 31.5 Å². The molecule has 1 heterocycles. The summed E-state index contributed by atoms with van der Waals surface area (Å²) < 4.78 is 41.5. The van der Waals surface area contributed by atoms with Crippen LogP contribution >= 0.6 is 0 Å². The molecule has 1 atom stereocenters. The van der Waals surface area contributed by atoms with E-state index in [-0.39, 0.29) is 11.9 Å². The number of benzene rings is 1. The summed E-state index contributed by atoms with van der Waals surface area (Å²) in [5.74, 6) is -0.890. The van der Waals surface area contributed by atoms with Gasteiger partial charge in [-0.15, -0.1) is 0 Å². The number of ether oxygens (including phenoxy) is 2. The summed E-state index contributed by atoms with van der Waals surface area (Å²) in [5, 5.41) is 0. The van der Waals surface area contributed by atoms with Crippen LogP contribution in [0.15, 0.2) is 24.3 Å². The predicted octanol–water partition coefficient (Wildman–Crippen LogP) is 1.77. The lowest BCUT2D eigenvalue weighted by Gasteiger charge is -2.17. The molecule has 0 amide bonds. The molecule has 1 aliphatic heterocycles. The molecule has 1 fully saturated rings. The molecule has 0 aromatic heterocycles. The van der Waals surface area contributed by atoms with Gasteiger partial charge in [-0.25, -0.2) is 0 Å². The van der Waals surface area contributed by atoms with E-state index in [9.17, 15) is 8.42 Å². The fourth-order valence-electron chi connectivity index (χ4n) is 2.11. The van der Waals surface area contributed by atoms with Gasteiger partial charge in [-0.05, 0) is 25.0 Å². The Hall–Kier alpha value is -0.950. The lowest BCUT2D eigenvalue weighted by Crippen LogP contribution is -2.22. The molecular formula is C13H18O5S. The Labute approximate surface area is 113 Å². The smallest absolute Gasteiger partial charge is 0.269 e. The molecule has 1 aromatic rings. The third-order valence-corrected chi connectivity index (χ3v) is 3.60. The first kappa shape index (κ1) is 14.5. The predicted molar refractivity (Wildman–Crippen MR) is 70.3 cm³/mol. The molecule has 5 nitrogen and oxygen atoms in total. The zero-order chi connectivity index (χ0) is 14.1. The highest BCUT2D eigenvalue weighted by molar-refractivity contribution is 7.85. The van der Waals surface area contributed by atoms with E-state index in [4.69, 9.17) is 14.0 Å². The second kappa shape index (κ2) is 5.20. The maximum atomic E-state index is 10.8. The van der Waals surface area contributed by atoms with Crippen LogP contribution in [0, 0.1) is 0 Å². The van der Waals surface area contributed by atoms with Gasteiger partial charge in [0, 0.05) is 6.42 Å². The monoisotopic (exact) mass is 286 g/mol. The molecule has 106 valence electrons. The van der Waals surface area contributed by atoms with Crippen LogP contribution in [0.4, 0.5) is 0 Å². The highest BCUT2D eigenvalue weighted by Crippen LogP contribution is 2.24. The first-order chi connectivity index (χ1) is 8.73. The molecule has 0 saturated carbocycles. The molecule has 1 aliphatic rings. The minimum atomic E-state index is -3.97. The fraction of sp³-hybridized carbons (Fsp3) is 0.538. The first-order valence-corrected chi connectivity index (χ1v) is 7.69. The number of rotatable bonds is 4. The van der Waals surface area contributed by atoms with Crippen molar-refractivity contribution in [3.05, 3.63) is 35.4 Å². The van der Waals surface area contributed by atoms with Gasteiger partial charge in [0.05, 0.1) is 12.7 Å². The highest BCUT2D eigenvalue weighted by atomic mass is 32.2. The van der Waals surface area contributed by atoms with E-state index < -0.39 is 15.9 Å². The van der Waals surface area contributed by atoms with Crippen molar-refractivity contribution in [1.82, 2.24) is 0 Å². The zero-order valence-corrected chi connectivity index (χ0v) is 11.8. The van der Waals surface area contributed by atoms with Gasteiger partial charge in [-0.2, -0.15) is 8.42 Å². The van der Waals surface area contributed by atoms with Crippen molar-refractivity contribution in [2.45, 2.75) is 37.9 Å². The minimum Gasteiger partial charge on any atom is -0.348 e. The Bertz CT molecular complexity index is 533. The zero-order valence-electron chi connectivity index (χ0n) is 11.0. The third-order valence-electron chi connectivity index (χ3n) is 2.90. The van der Waals surface area contributed by atoms with Gasteiger partial charge in [0.1, 0.15) is 5.75 Å². The maximum Gasteiger partial charge on any atom is 0.269 e. The van der Waals surface area contributed by atoms with Gasteiger partial charge in [0.2, 0.25) is 0 Å². The van der Waals surface area contributed by atoms with Crippen molar-refractivity contribution >= 4 is 10.1 Å². The quantitative estimate of drug-likeness (QED) is 0.854. The molecule has 2 rings (SSSR count). The maximum absolute atomic E-state index is 10.8. The van der Waals surface area contributed by atoms with Gasteiger partial charge in [0.25, 0.3) is 10.1 Å². The van der Waals surface area contributed by atoms with Crippen molar-refractivity contribution in [3.8, 4) is 0 Å². The third kappa shape index (κ3) is 4.58. The summed E-state index contributed by atoms with van der Waals surface area (Å²) in [6, 6.07) is 7.08. The molecule has 0 spiro atoms. The summed E-state index contributed by atoms with van der Waals surface area (Å²) in [5.41, 5.74) is 1.61. The largest absolute Gasteiger partial charge is 0.348 e.